The van der Waals surface area contributed by atoms with E-state index in [4.69, 9.17) is 0 Å². The van der Waals surface area contributed by atoms with Crippen molar-refractivity contribution in [2.24, 2.45) is 0 Å². The Morgan fingerprint density at radius 2 is 1.78 bits per heavy atom. The molecule has 0 spiro atoms. The molecule has 4 aromatic rings. The Bertz CT molecular complexity index is 1120. The van der Waals surface area contributed by atoms with Crippen LogP contribution in [0.15, 0.2) is 42.9 Å². The number of alkyl halides is 3. The number of aromatic nitrogens is 5. The van der Waals surface area contributed by atoms with Gasteiger partial charge in [-0.15, -0.1) is 0 Å². The quantitative estimate of drug-likeness (QED) is 0.505. The van der Waals surface area contributed by atoms with Crippen molar-refractivity contribution < 1.29 is 17.6 Å². The third-order valence-electron chi connectivity index (χ3n) is 4.24. The lowest BCUT2D eigenvalue weighted by Crippen LogP contribution is -2.13. The smallest absolute Gasteiger partial charge is 0.307 e. The summed E-state index contributed by atoms with van der Waals surface area (Å²) in [7, 11) is 0. The predicted octanol–water partition coefficient (Wildman–Crippen LogP) is 4.06. The van der Waals surface area contributed by atoms with Crippen molar-refractivity contribution in [2.75, 3.05) is 0 Å². The van der Waals surface area contributed by atoms with Gasteiger partial charge < -0.3 is 4.57 Å². The Morgan fingerprint density at radius 1 is 0.963 bits per heavy atom. The zero-order valence-electron chi connectivity index (χ0n) is 13.9. The normalized spacial score (nSPS) is 12.1. The van der Waals surface area contributed by atoms with Gasteiger partial charge in [-0.3, -0.25) is 4.98 Å². The van der Waals surface area contributed by atoms with Crippen molar-refractivity contribution in [2.45, 2.75) is 25.6 Å². The molecule has 4 rings (SSSR count). The summed E-state index contributed by atoms with van der Waals surface area (Å²) >= 11 is 0. The predicted molar refractivity (Wildman–Crippen MR) is 90.5 cm³/mol. The van der Waals surface area contributed by atoms with E-state index in [0.29, 0.717) is 16.6 Å². The molecule has 5 nitrogen and oxygen atoms in total. The lowest BCUT2D eigenvalue weighted by Gasteiger charge is -2.12. The molecule has 138 valence electrons. The Kier molecular flexibility index (Phi) is 4.21. The van der Waals surface area contributed by atoms with Gasteiger partial charge in [-0.1, -0.05) is 12.1 Å². The van der Waals surface area contributed by atoms with Crippen LogP contribution in [0.4, 0.5) is 17.6 Å². The van der Waals surface area contributed by atoms with Crippen molar-refractivity contribution in [3.63, 3.8) is 0 Å². The highest BCUT2D eigenvalue weighted by molar-refractivity contribution is 5.82. The number of halogens is 4. The second-order valence-electron chi connectivity index (χ2n) is 6.04. The van der Waals surface area contributed by atoms with Gasteiger partial charge in [0, 0.05) is 30.4 Å². The number of para-hydroxylation sites is 1. The van der Waals surface area contributed by atoms with E-state index < -0.39 is 18.4 Å². The summed E-state index contributed by atoms with van der Waals surface area (Å²) in [4.78, 5) is 16.5. The van der Waals surface area contributed by atoms with Crippen LogP contribution in [0.3, 0.4) is 0 Å². The van der Waals surface area contributed by atoms with Crippen molar-refractivity contribution in [3.8, 4) is 0 Å². The number of imidazole rings is 1. The topological polar surface area (TPSA) is 56.5 Å². The second kappa shape index (κ2) is 6.57. The summed E-state index contributed by atoms with van der Waals surface area (Å²) in [5.74, 6) is -0.225. The zero-order valence-corrected chi connectivity index (χ0v) is 13.9. The molecular weight excluding hydrogens is 362 g/mol. The molecule has 0 aliphatic rings. The molecule has 3 heterocycles. The first-order valence-corrected chi connectivity index (χ1v) is 8.17. The fourth-order valence-corrected chi connectivity index (χ4v) is 3.01. The van der Waals surface area contributed by atoms with Gasteiger partial charge in [-0.05, 0) is 17.7 Å². The van der Waals surface area contributed by atoms with Crippen molar-refractivity contribution in [1.29, 1.82) is 0 Å². The van der Waals surface area contributed by atoms with Gasteiger partial charge >= 0.3 is 6.18 Å². The Labute approximate surface area is 150 Å². The van der Waals surface area contributed by atoms with Crippen molar-refractivity contribution in [1.82, 2.24) is 24.5 Å². The summed E-state index contributed by atoms with van der Waals surface area (Å²) < 4.78 is 53.7. The first-order chi connectivity index (χ1) is 12.9. The standard InChI is InChI=1S/C18H13F4N5/c19-13-3-1-2-12-11(5-7-23-15(12)13)10-27-14(4-6-18(20,21)22)26-16-17(27)25-9-8-24-16/h1-3,5,7-9H,4,6,10H2. The van der Waals surface area contributed by atoms with E-state index in [-0.39, 0.29) is 30.0 Å². The third kappa shape index (κ3) is 3.44. The van der Waals surface area contributed by atoms with Crippen LogP contribution < -0.4 is 0 Å². The van der Waals surface area contributed by atoms with Crippen LogP contribution in [0.2, 0.25) is 0 Å². The minimum Gasteiger partial charge on any atom is -0.307 e. The van der Waals surface area contributed by atoms with Gasteiger partial charge in [0.2, 0.25) is 0 Å². The summed E-state index contributed by atoms with van der Waals surface area (Å²) in [6.07, 6.45) is -1.22. The highest BCUT2D eigenvalue weighted by Gasteiger charge is 2.28. The minimum atomic E-state index is -4.30. The maximum absolute atomic E-state index is 14.0. The summed E-state index contributed by atoms with van der Waals surface area (Å²) in [5, 5.41) is 0.588. The number of nitrogens with zero attached hydrogens (tertiary/aromatic N) is 5. The molecule has 0 aliphatic carbocycles. The number of benzene rings is 1. The van der Waals surface area contributed by atoms with Crippen LogP contribution in [-0.2, 0) is 13.0 Å². The lowest BCUT2D eigenvalue weighted by atomic mass is 10.1. The molecule has 0 bridgehead atoms. The van der Waals surface area contributed by atoms with Crippen LogP contribution >= 0.6 is 0 Å². The van der Waals surface area contributed by atoms with Crippen LogP contribution in [0, 0.1) is 5.82 Å². The molecule has 0 unspecified atom stereocenters. The molecule has 0 radical (unpaired) electrons. The van der Waals surface area contributed by atoms with E-state index in [1.165, 1.54) is 24.7 Å². The van der Waals surface area contributed by atoms with Crippen LogP contribution in [0.25, 0.3) is 22.2 Å². The highest BCUT2D eigenvalue weighted by Crippen LogP contribution is 2.25. The molecule has 0 saturated carbocycles. The molecule has 3 aromatic heterocycles. The largest absolute Gasteiger partial charge is 0.389 e. The van der Waals surface area contributed by atoms with E-state index in [1.54, 1.807) is 22.8 Å². The van der Waals surface area contributed by atoms with E-state index in [2.05, 4.69) is 19.9 Å². The van der Waals surface area contributed by atoms with Crippen LogP contribution in [0.1, 0.15) is 17.8 Å². The van der Waals surface area contributed by atoms with Crippen molar-refractivity contribution in [3.05, 3.63) is 60.1 Å². The molecule has 1 aromatic carbocycles. The molecule has 0 amide bonds. The average Bonchev–Trinajstić information content (AvgIpc) is 2.98. The monoisotopic (exact) mass is 375 g/mol. The average molecular weight is 375 g/mol. The third-order valence-corrected chi connectivity index (χ3v) is 4.24. The summed E-state index contributed by atoms with van der Waals surface area (Å²) in [5.41, 5.74) is 1.58. The number of aryl methyl sites for hydroxylation is 1. The van der Waals surface area contributed by atoms with Crippen LogP contribution in [0.5, 0.6) is 0 Å². The van der Waals surface area contributed by atoms with E-state index in [0.717, 1.165) is 0 Å². The van der Waals surface area contributed by atoms with Gasteiger partial charge in [0.1, 0.15) is 17.2 Å². The van der Waals surface area contributed by atoms with Gasteiger partial charge in [0.15, 0.2) is 11.3 Å². The van der Waals surface area contributed by atoms with Gasteiger partial charge in [0.05, 0.1) is 13.0 Å². The Morgan fingerprint density at radius 3 is 2.59 bits per heavy atom. The molecule has 0 aliphatic heterocycles. The van der Waals surface area contributed by atoms with Crippen molar-refractivity contribution >= 4 is 22.2 Å². The van der Waals surface area contributed by atoms with Gasteiger partial charge in [-0.25, -0.2) is 19.3 Å². The Balaban J connectivity index is 1.81. The molecule has 9 heteroatoms. The number of hydrogen-bond donors (Lipinski definition) is 0. The molecule has 0 saturated heterocycles. The fraction of sp³-hybridized carbons (Fsp3) is 0.222. The molecular formula is C18H13F4N5. The molecule has 0 atom stereocenters. The Hall–Kier alpha value is -3.10. The molecule has 27 heavy (non-hydrogen) atoms. The fourth-order valence-electron chi connectivity index (χ4n) is 3.01. The zero-order chi connectivity index (χ0) is 19.0. The van der Waals surface area contributed by atoms with Gasteiger partial charge in [0.25, 0.3) is 0 Å². The van der Waals surface area contributed by atoms with Crippen LogP contribution in [-0.4, -0.2) is 30.7 Å². The number of fused-ring (bicyclic) bond motifs is 2. The number of pyridine rings is 1. The second-order valence-corrected chi connectivity index (χ2v) is 6.04. The van der Waals surface area contributed by atoms with E-state index >= 15 is 0 Å². The molecule has 0 fully saturated rings. The summed E-state index contributed by atoms with van der Waals surface area (Å²) in [6.45, 7) is 0.185. The first kappa shape index (κ1) is 17.3. The highest BCUT2D eigenvalue weighted by atomic mass is 19.4. The lowest BCUT2D eigenvalue weighted by molar-refractivity contribution is -0.134. The number of rotatable bonds is 4. The minimum absolute atomic E-state index is 0.185. The maximum atomic E-state index is 14.0. The van der Waals surface area contributed by atoms with Gasteiger partial charge in [-0.2, -0.15) is 13.2 Å². The summed E-state index contributed by atoms with van der Waals surface area (Å²) in [6, 6.07) is 6.31. The van der Waals surface area contributed by atoms with E-state index in [1.807, 2.05) is 0 Å². The first-order valence-electron chi connectivity index (χ1n) is 8.17. The SMILES string of the molecule is Fc1cccc2c(Cn3c(CCC(F)(F)F)nc4nccnc43)ccnc12. The van der Waals surface area contributed by atoms with E-state index in [9.17, 15) is 17.6 Å². The maximum Gasteiger partial charge on any atom is 0.389 e. The number of hydrogen-bond acceptors (Lipinski definition) is 4. The molecule has 0 N–H and O–H groups in total.